The second-order valence-corrected chi connectivity index (χ2v) is 4.12. The standard InChI is InChI=1S/C13H10ClFO2/c1-8-2-3-10(15)6-9(8)7-12(16)11-4-5-17-13(11)14/h2-6H,7H2,1H3. The lowest BCUT2D eigenvalue weighted by molar-refractivity contribution is 0.0992. The molecule has 0 radical (unpaired) electrons. The first-order valence-corrected chi connectivity index (χ1v) is 5.47. The lowest BCUT2D eigenvalue weighted by Gasteiger charge is -2.04. The van der Waals surface area contributed by atoms with Crippen molar-refractivity contribution in [3.8, 4) is 0 Å². The van der Waals surface area contributed by atoms with Gasteiger partial charge in [-0.05, 0) is 47.9 Å². The number of rotatable bonds is 3. The molecule has 2 aromatic rings. The van der Waals surface area contributed by atoms with Gasteiger partial charge in [-0.2, -0.15) is 0 Å². The van der Waals surface area contributed by atoms with Crippen LogP contribution in [-0.4, -0.2) is 5.78 Å². The molecule has 4 heteroatoms. The zero-order valence-electron chi connectivity index (χ0n) is 9.17. The van der Waals surface area contributed by atoms with Crippen LogP contribution in [-0.2, 0) is 6.42 Å². The van der Waals surface area contributed by atoms with Gasteiger partial charge in [0.1, 0.15) is 5.82 Å². The van der Waals surface area contributed by atoms with Crippen LogP contribution in [0, 0.1) is 12.7 Å². The Bertz CT molecular complexity index is 560. The quantitative estimate of drug-likeness (QED) is 0.778. The van der Waals surface area contributed by atoms with Crippen LogP contribution in [0.4, 0.5) is 4.39 Å². The molecule has 2 rings (SSSR count). The highest BCUT2D eigenvalue weighted by Gasteiger charge is 2.14. The largest absolute Gasteiger partial charge is 0.452 e. The minimum absolute atomic E-state index is 0.0732. The summed E-state index contributed by atoms with van der Waals surface area (Å²) in [5, 5.41) is 0.0732. The van der Waals surface area contributed by atoms with E-state index in [1.54, 1.807) is 6.07 Å². The summed E-state index contributed by atoms with van der Waals surface area (Å²) < 4.78 is 17.9. The molecule has 0 saturated heterocycles. The lowest BCUT2D eigenvalue weighted by atomic mass is 10.0. The number of halogens is 2. The number of carbonyl (C=O) groups excluding carboxylic acids is 1. The molecule has 0 spiro atoms. The van der Waals surface area contributed by atoms with Crippen molar-refractivity contribution in [1.82, 2.24) is 0 Å². The Morgan fingerprint density at radius 2 is 2.18 bits per heavy atom. The molecule has 0 aliphatic rings. The second-order valence-electron chi connectivity index (χ2n) is 3.78. The third-order valence-corrected chi connectivity index (χ3v) is 2.87. The summed E-state index contributed by atoms with van der Waals surface area (Å²) in [5.74, 6) is -0.533. The molecule has 1 aromatic heterocycles. The van der Waals surface area contributed by atoms with Crippen molar-refractivity contribution in [2.75, 3.05) is 0 Å². The minimum atomic E-state index is -0.350. The Morgan fingerprint density at radius 1 is 1.41 bits per heavy atom. The molecule has 1 aromatic carbocycles. The van der Waals surface area contributed by atoms with Crippen LogP contribution in [0.5, 0.6) is 0 Å². The van der Waals surface area contributed by atoms with Gasteiger partial charge in [0.25, 0.3) is 0 Å². The number of furan rings is 1. The van der Waals surface area contributed by atoms with Crippen LogP contribution in [0.2, 0.25) is 5.22 Å². The molecule has 88 valence electrons. The summed E-state index contributed by atoms with van der Waals surface area (Å²) in [6.45, 7) is 1.83. The molecule has 0 N–H and O–H groups in total. The van der Waals surface area contributed by atoms with Crippen LogP contribution >= 0.6 is 11.6 Å². The average Bonchev–Trinajstić information content (AvgIpc) is 2.70. The Hall–Kier alpha value is -1.61. The summed E-state index contributed by atoms with van der Waals surface area (Å²) in [6, 6.07) is 5.89. The molecule has 0 aliphatic carbocycles. The Morgan fingerprint density at radius 3 is 2.82 bits per heavy atom. The highest BCUT2D eigenvalue weighted by molar-refractivity contribution is 6.32. The normalized spacial score (nSPS) is 10.5. The SMILES string of the molecule is Cc1ccc(F)cc1CC(=O)c1ccoc1Cl. The van der Waals surface area contributed by atoms with Crippen LogP contribution in [0.15, 0.2) is 34.9 Å². The van der Waals surface area contributed by atoms with E-state index in [-0.39, 0.29) is 23.2 Å². The molecule has 17 heavy (non-hydrogen) atoms. The second kappa shape index (κ2) is 4.72. The fourth-order valence-corrected chi connectivity index (χ4v) is 1.81. The Kier molecular flexibility index (Phi) is 3.29. The summed E-state index contributed by atoms with van der Waals surface area (Å²) in [6.07, 6.45) is 1.47. The van der Waals surface area contributed by atoms with Gasteiger partial charge >= 0.3 is 0 Å². The molecule has 0 amide bonds. The fraction of sp³-hybridized carbons (Fsp3) is 0.154. The van der Waals surface area contributed by atoms with Gasteiger partial charge in [0.2, 0.25) is 5.22 Å². The number of hydrogen-bond acceptors (Lipinski definition) is 2. The summed E-state index contributed by atoms with van der Waals surface area (Å²) in [7, 11) is 0. The van der Waals surface area contributed by atoms with Crippen LogP contribution in [0.1, 0.15) is 21.5 Å². The molecule has 2 nitrogen and oxygen atoms in total. The third kappa shape index (κ3) is 2.56. The van der Waals surface area contributed by atoms with Crippen molar-refractivity contribution in [3.63, 3.8) is 0 Å². The predicted molar refractivity (Wildman–Crippen MR) is 62.9 cm³/mol. The summed E-state index contributed by atoms with van der Waals surface area (Å²) in [4.78, 5) is 11.9. The number of hydrogen-bond donors (Lipinski definition) is 0. The molecule has 0 bridgehead atoms. The minimum Gasteiger partial charge on any atom is -0.452 e. The monoisotopic (exact) mass is 252 g/mol. The number of aryl methyl sites for hydroxylation is 1. The van der Waals surface area contributed by atoms with E-state index in [0.29, 0.717) is 11.1 Å². The lowest BCUT2D eigenvalue weighted by Crippen LogP contribution is -2.04. The maximum absolute atomic E-state index is 13.1. The van der Waals surface area contributed by atoms with Crippen molar-refractivity contribution >= 4 is 17.4 Å². The van der Waals surface area contributed by atoms with E-state index in [2.05, 4.69) is 0 Å². The number of ketones is 1. The zero-order chi connectivity index (χ0) is 12.4. The number of carbonyl (C=O) groups is 1. The molecular weight excluding hydrogens is 243 g/mol. The van der Waals surface area contributed by atoms with E-state index >= 15 is 0 Å². The topological polar surface area (TPSA) is 30.2 Å². The van der Waals surface area contributed by atoms with Crippen molar-refractivity contribution in [2.24, 2.45) is 0 Å². The highest BCUT2D eigenvalue weighted by Crippen LogP contribution is 2.20. The Balaban J connectivity index is 2.24. The first kappa shape index (κ1) is 11.9. The van der Waals surface area contributed by atoms with E-state index in [4.69, 9.17) is 16.0 Å². The van der Waals surface area contributed by atoms with E-state index in [0.717, 1.165) is 5.56 Å². The van der Waals surface area contributed by atoms with Gasteiger partial charge in [0.15, 0.2) is 5.78 Å². The molecular formula is C13H10ClFO2. The van der Waals surface area contributed by atoms with Crippen molar-refractivity contribution < 1.29 is 13.6 Å². The van der Waals surface area contributed by atoms with Gasteiger partial charge in [0.05, 0.1) is 11.8 Å². The molecule has 0 unspecified atom stereocenters. The van der Waals surface area contributed by atoms with E-state index in [1.807, 2.05) is 6.92 Å². The first-order valence-electron chi connectivity index (χ1n) is 5.09. The van der Waals surface area contributed by atoms with Gasteiger partial charge in [-0.1, -0.05) is 6.07 Å². The van der Waals surface area contributed by atoms with Gasteiger partial charge in [-0.3, -0.25) is 4.79 Å². The van der Waals surface area contributed by atoms with E-state index in [9.17, 15) is 9.18 Å². The zero-order valence-corrected chi connectivity index (χ0v) is 9.92. The van der Waals surface area contributed by atoms with Gasteiger partial charge in [-0.25, -0.2) is 4.39 Å². The molecule has 0 aliphatic heterocycles. The maximum atomic E-state index is 13.1. The first-order chi connectivity index (χ1) is 8.08. The summed E-state index contributed by atoms with van der Waals surface area (Å²) in [5.41, 5.74) is 1.86. The van der Waals surface area contributed by atoms with Crippen LogP contribution < -0.4 is 0 Å². The number of benzene rings is 1. The van der Waals surface area contributed by atoms with Gasteiger partial charge in [0, 0.05) is 6.42 Å². The molecule has 0 atom stereocenters. The molecule has 1 heterocycles. The Labute approximate surface area is 103 Å². The smallest absolute Gasteiger partial charge is 0.203 e. The van der Waals surface area contributed by atoms with Crippen LogP contribution in [0.3, 0.4) is 0 Å². The highest BCUT2D eigenvalue weighted by atomic mass is 35.5. The maximum Gasteiger partial charge on any atom is 0.203 e. The van der Waals surface area contributed by atoms with E-state index < -0.39 is 0 Å². The molecule has 0 fully saturated rings. The van der Waals surface area contributed by atoms with Crippen molar-refractivity contribution in [3.05, 3.63) is 58.3 Å². The van der Waals surface area contributed by atoms with Crippen molar-refractivity contribution in [2.45, 2.75) is 13.3 Å². The molecule has 0 saturated carbocycles. The van der Waals surface area contributed by atoms with Gasteiger partial charge in [-0.15, -0.1) is 0 Å². The van der Waals surface area contributed by atoms with E-state index in [1.165, 1.54) is 24.5 Å². The predicted octanol–water partition coefficient (Wildman–Crippen LogP) is 3.81. The van der Waals surface area contributed by atoms with Crippen LogP contribution in [0.25, 0.3) is 0 Å². The number of Topliss-reactive ketones (excluding diaryl/α,β-unsaturated/α-hetero) is 1. The fourth-order valence-electron chi connectivity index (χ4n) is 1.59. The van der Waals surface area contributed by atoms with Crippen molar-refractivity contribution in [1.29, 1.82) is 0 Å². The summed E-state index contributed by atoms with van der Waals surface area (Å²) >= 11 is 5.71. The average molecular weight is 253 g/mol. The van der Waals surface area contributed by atoms with Gasteiger partial charge < -0.3 is 4.42 Å². The third-order valence-electron chi connectivity index (χ3n) is 2.58.